The van der Waals surface area contributed by atoms with Crippen LogP contribution in [-0.2, 0) is 4.79 Å². The topological polar surface area (TPSA) is 43.1 Å². The van der Waals surface area contributed by atoms with Gasteiger partial charge in [-0.05, 0) is 12.2 Å². The smallest absolute Gasteiger partial charge is 0.155 e. The van der Waals surface area contributed by atoms with E-state index in [4.69, 9.17) is 5.73 Å². The van der Waals surface area contributed by atoms with Crippen LogP contribution in [0, 0.1) is 5.41 Å². The zero-order valence-corrected chi connectivity index (χ0v) is 11.3. The largest absolute Gasteiger partial charge is 0.321 e. The highest BCUT2D eigenvalue weighted by Crippen LogP contribution is 2.26. The van der Waals surface area contributed by atoms with E-state index in [1.165, 1.54) is 0 Å². The normalized spacial score (nSPS) is 13.9. The average molecular weight is 231 g/mol. The van der Waals surface area contributed by atoms with Crippen molar-refractivity contribution in [3.05, 3.63) is 0 Å². The molecule has 0 heterocycles. The Morgan fingerprint density at radius 3 is 2.47 bits per heavy atom. The zero-order chi connectivity index (χ0) is 11.9. The van der Waals surface area contributed by atoms with Gasteiger partial charge in [0.05, 0.1) is 6.04 Å². The summed E-state index contributed by atoms with van der Waals surface area (Å²) in [5, 5.41) is 0. The highest BCUT2D eigenvalue weighted by atomic mass is 32.2. The van der Waals surface area contributed by atoms with Crippen molar-refractivity contribution in [3.63, 3.8) is 0 Å². The van der Waals surface area contributed by atoms with Crippen LogP contribution in [0.4, 0.5) is 0 Å². The van der Waals surface area contributed by atoms with Crippen LogP contribution in [0.25, 0.3) is 0 Å². The van der Waals surface area contributed by atoms with Crippen molar-refractivity contribution in [1.29, 1.82) is 0 Å². The Balaban J connectivity index is 4.14. The molecule has 3 heteroatoms. The molecule has 1 unspecified atom stereocenters. The molecule has 0 saturated heterocycles. The molecule has 15 heavy (non-hydrogen) atoms. The fourth-order valence-electron chi connectivity index (χ4n) is 1.56. The molecule has 90 valence electrons. The van der Waals surface area contributed by atoms with Crippen molar-refractivity contribution in [2.75, 3.05) is 11.5 Å². The van der Waals surface area contributed by atoms with Crippen molar-refractivity contribution >= 4 is 17.5 Å². The molecule has 0 rings (SSSR count). The number of thioether (sulfide) groups is 1. The first-order valence-electron chi connectivity index (χ1n) is 5.83. The first kappa shape index (κ1) is 15.0. The molecule has 2 N–H and O–H groups in total. The predicted molar refractivity (Wildman–Crippen MR) is 69.3 cm³/mol. The number of hydrogen-bond donors (Lipinski definition) is 1. The summed E-state index contributed by atoms with van der Waals surface area (Å²) in [5.41, 5.74) is 5.64. The number of nitrogens with two attached hydrogens (primary N) is 1. The molecule has 0 aromatic heterocycles. The summed E-state index contributed by atoms with van der Waals surface area (Å²) in [7, 11) is 0. The zero-order valence-electron chi connectivity index (χ0n) is 10.5. The summed E-state index contributed by atoms with van der Waals surface area (Å²) in [5.74, 6) is 2.00. The molecule has 0 aliphatic heterocycles. The average Bonchev–Trinajstić information content (AvgIpc) is 2.21. The molecular weight excluding hydrogens is 206 g/mol. The molecule has 0 bridgehead atoms. The summed E-state index contributed by atoms with van der Waals surface area (Å²) in [6, 6.07) is -0.290. The Labute approximate surface area is 98.4 Å². The van der Waals surface area contributed by atoms with Crippen LogP contribution in [0.15, 0.2) is 0 Å². The van der Waals surface area contributed by atoms with Gasteiger partial charge >= 0.3 is 0 Å². The summed E-state index contributed by atoms with van der Waals surface area (Å²) in [6.07, 6.45) is 3.19. The van der Waals surface area contributed by atoms with Crippen molar-refractivity contribution in [2.45, 2.75) is 53.0 Å². The van der Waals surface area contributed by atoms with Crippen LogP contribution in [0.5, 0.6) is 0 Å². The van der Waals surface area contributed by atoms with Gasteiger partial charge in [0.25, 0.3) is 0 Å². The molecule has 0 aromatic rings. The minimum Gasteiger partial charge on any atom is -0.321 e. The van der Waals surface area contributed by atoms with E-state index in [1.54, 1.807) is 11.8 Å². The van der Waals surface area contributed by atoms with Crippen LogP contribution >= 0.6 is 11.8 Å². The SMILES string of the molecule is CCCCC(C)(C)C(=O)C(N)CSCC. The van der Waals surface area contributed by atoms with E-state index in [0.717, 1.165) is 30.8 Å². The standard InChI is InChI=1S/C12H25NOS/c1-5-7-8-12(3,4)11(14)10(13)9-15-6-2/h10H,5-9,13H2,1-4H3. The van der Waals surface area contributed by atoms with Crippen molar-refractivity contribution < 1.29 is 4.79 Å². The maximum atomic E-state index is 12.0. The van der Waals surface area contributed by atoms with Gasteiger partial charge in [-0.2, -0.15) is 11.8 Å². The monoisotopic (exact) mass is 231 g/mol. The van der Waals surface area contributed by atoms with Crippen LogP contribution < -0.4 is 5.73 Å². The quantitative estimate of drug-likeness (QED) is 0.698. The van der Waals surface area contributed by atoms with Gasteiger partial charge in [-0.15, -0.1) is 0 Å². The third-order valence-corrected chi connectivity index (χ3v) is 3.66. The molecule has 0 spiro atoms. The van der Waals surface area contributed by atoms with Crippen LogP contribution in [0.1, 0.15) is 47.0 Å². The fourth-order valence-corrected chi connectivity index (χ4v) is 2.21. The van der Waals surface area contributed by atoms with E-state index in [1.807, 2.05) is 13.8 Å². The summed E-state index contributed by atoms with van der Waals surface area (Å²) < 4.78 is 0. The Morgan fingerprint density at radius 1 is 1.40 bits per heavy atom. The number of carbonyl (C=O) groups excluding carboxylic acids is 1. The fraction of sp³-hybridized carbons (Fsp3) is 0.917. The summed E-state index contributed by atoms with van der Waals surface area (Å²) in [4.78, 5) is 12.0. The number of ketones is 1. The predicted octanol–water partition coefficient (Wildman–Crippen LogP) is 2.85. The van der Waals surface area contributed by atoms with Gasteiger partial charge in [0.15, 0.2) is 5.78 Å². The second-order valence-electron chi connectivity index (χ2n) is 4.62. The third-order valence-electron chi connectivity index (χ3n) is 2.66. The first-order chi connectivity index (χ1) is 6.95. The molecule has 0 radical (unpaired) electrons. The van der Waals surface area contributed by atoms with Gasteiger partial charge in [-0.1, -0.05) is 40.5 Å². The maximum absolute atomic E-state index is 12.0. The van der Waals surface area contributed by atoms with E-state index < -0.39 is 0 Å². The lowest BCUT2D eigenvalue weighted by Gasteiger charge is -2.26. The molecule has 0 saturated carbocycles. The molecule has 0 fully saturated rings. The van der Waals surface area contributed by atoms with E-state index in [9.17, 15) is 4.79 Å². The maximum Gasteiger partial charge on any atom is 0.155 e. The molecule has 0 aliphatic rings. The highest BCUT2D eigenvalue weighted by Gasteiger charge is 2.30. The van der Waals surface area contributed by atoms with Crippen LogP contribution in [-0.4, -0.2) is 23.3 Å². The van der Waals surface area contributed by atoms with Gasteiger partial charge in [-0.25, -0.2) is 0 Å². The number of Topliss-reactive ketones (excluding diaryl/α,β-unsaturated/α-hetero) is 1. The lowest BCUT2D eigenvalue weighted by Crippen LogP contribution is -2.42. The minimum absolute atomic E-state index is 0.219. The molecular formula is C12H25NOS. The molecule has 0 amide bonds. The van der Waals surface area contributed by atoms with Gasteiger partial charge in [0.2, 0.25) is 0 Å². The lowest BCUT2D eigenvalue weighted by molar-refractivity contribution is -0.128. The third kappa shape index (κ3) is 5.57. The molecule has 2 nitrogen and oxygen atoms in total. The van der Waals surface area contributed by atoms with Gasteiger partial charge in [0, 0.05) is 11.2 Å². The van der Waals surface area contributed by atoms with E-state index >= 15 is 0 Å². The number of unbranched alkanes of at least 4 members (excludes halogenated alkanes) is 1. The molecule has 0 aromatic carbocycles. The van der Waals surface area contributed by atoms with Crippen LogP contribution in [0.2, 0.25) is 0 Å². The first-order valence-corrected chi connectivity index (χ1v) is 6.98. The molecule has 0 aliphatic carbocycles. The van der Waals surface area contributed by atoms with Crippen molar-refractivity contribution in [2.24, 2.45) is 11.1 Å². The van der Waals surface area contributed by atoms with Crippen molar-refractivity contribution in [3.8, 4) is 0 Å². The summed E-state index contributed by atoms with van der Waals surface area (Å²) in [6.45, 7) is 8.26. The van der Waals surface area contributed by atoms with Crippen molar-refractivity contribution in [1.82, 2.24) is 0 Å². The van der Waals surface area contributed by atoms with Gasteiger partial charge < -0.3 is 5.73 Å². The Bertz CT molecular complexity index is 192. The summed E-state index contributed by atoms with van der Waals surface area (Å²) >= 11 is 1.74. The lowest BCUT2D eigenvalue weighted by atomic mass is 9.80. The Morgan fingerprint density at radius 2 is 2.00 bits per heavy atom. The van der Waals surface area contributed by atoms with E-state index in [2.05, 4.69) is 13.8 Å². The van der Waals surface area contributed by atoms with Crippen LogP contribution in [0.3, 0.4) is 0 Å². The molecule has 1 atom stereocenters. The number of carbonyl (C=O) groups is 1. The Hall–Kier alpha value is -0.0200. The Kier molecular flexibility index (Phi) is 7.28. The second kappa shape index (κ2) is 7.29. The number of rotatable bonds is 8. The van der Waals surface area contributed by atoms with Gasteiger partial charge in [-0.3, -0.25) is 4.79 Å². The number of hydrogen-bond acceptors (Lipinski definition) is 3. The second-order valence-corrected chi connectivity index (χ2v) is 5.94. The van der Waals surface area contributed by atoms with E-state index in [-0.39, 0.29) is 17.2 Å². The van der Waals surface area contributed by atoms with E-state index in [0.29, 0.717) is 0 Å². The van der Waals surface area contributed by atoms with Gasteiger partial charge in [0.1, 0.15) is 0 Å². The highest BCUT2D eigenvalue weighted by molar-refractivity contribution is 7.99. The minimum atomic E-state index is -0.290.